The van der Waals surface area contributed by atoms with Crippen LogP contribution in [0.2, 0.25) is 0 Å². The van der Waals surface area contributed by atoms with Crippen LogP contribution in [0.15, 0.2) is 176 Å². The van der Waals surface area contributed by atoms with Crippen molar-refractivity contribution in [3.8, 4) is 11.5 Å². The molecule has 0 fully saturated rings. The first kappa shape index (κ1) is 28.5. The van der Waals surface area contributed by atoms with Crippen LogP contribution in [0.25, 0.3) is 30.9 Å². The number of fused-ring (bicyclic) bond motifs is 9. The van der Waals surface area contributed by atoms with E-state index in [4.69, 9.17) is 4.74 Å². The molecule has 11 rings (SSSR count). The number of anilines is 6. The third kappa shape index (κ3) is 4.32. The van der Waals surface area contributed by atoms with Gasteiger partial charge < -0.3 is 14.5 Å². The van der Waals surface area contributed by atoms with Gasteiger partial charge in [0, 0.05) is 54.3 Å². The zero-order valence-electron chi connectivity index (χ0n) is 27.5. The topological polar surface area (TPSA) is 15.7 Å². The molecule has 5 heteroatoms. The Morgan fingerprint density at radius 2 is 1.16 bits per heavy atom. The highest BCUT2D eigenvalue weighted by Gasteiger charge is 2.42. The highest BCUT2D eigenvalue weighted by molar-refractivity contribution is 7.26. The first-order chi connectivity index (χ1) is 25.3. The van der Waals surface area contributed by atoms with E-state index in [1.54, 1.807) is 0 Å². The van der Waals surface area contributed by atoms with E-state index in [0.29, 0.717) is 0 Å². The number of thiophene rings is 1. The summed E-state index contributed by atoms with van der Waals surface area (Å²) in [5.74, 6) is 1.86. The summed E-state index contributed by atoms with van der Waals surface area (Å²) in [5, 5.41) is 4.99. The van der Waals surface area contributed by atoms with Crippen molar-refractivity contribution < 1.29 is 4.74 Å². The molecular weight excluding hydrogens is 639 g/mol. The molecule has 0 unspecified atom stereocenters. The van der Waals surface area contributed by atoms with E-state index in [2.05, 4.69) is 186 Å². The molecule has 0 saturated heterocycles. The Bertz CT molecular complexity index is 2760. The molecule has 0 N–H and O–H groups in total. The van der Waals surface area contributed by atoms with Crippen LogP contribution in [-0.4, -0.2) is 6.71 Å². The molecule has 3 heterocycles. The third-order valence-electron chi connectivity index (χ3n) is 10.5. The van der Waals surface area contributed by atoms with E-state index in [-0.39, 0.29) is 6.71 Å². The number of hydrogen-bond acceptors (Lipinski definition) is 4. The SMILES string of the molecule is c1ccc(N(c2ccccc2)c2ccc3c(c2)sc2cc4c(cc23)Oc2cccc3c2B4c2c(ccc4ccccc24)N3c2ccccc2)cc1. The van der Waals surface area contributed by atoms with Gasteiger partial charge in [0.1, 0.15) is 11.5 Å². The molecule has 238 valence electrons. The van der Waals surface area contributed by atoms with Crippen LogP contribution < -0.4 is 30.9 Å². The Morgan fingerprint density at radius 3 is 1.94 bits per heavy atom. The molecule has 9 aromatic rings. The molecule has 51 heavy (non-hydrogen) atoms. The van der Waals surface area contributed by atoms with Gasteiger partial charge in [0.05, 0.1) is 0 Å². The first-order valence-corrected chi connectivity index (χ1v) is 18.2. The molecule has 0 bridgehead atoms. The number of rotatable bonds is 4. The normalized spacial score (nSPS) is 12.8. The Morgan fingerprint density at radius 1 is 0.471 bits per heavy atom. The van der Waals surface area contributed by atoms with Gasteiger partial charge in [-0.2, -0.15) is 0 Å². The molecule has 0 saturated carbocycles. The molecule has 1 aromatic heterocycles. The number of nitrogens with zero attached hydrogens (tertiary/aromatic N) is 2. The zero-order chi connectivity index (χ0) is 33.5. The van der Waals surface area contributed by atoms with Gasteiger partial charge in [-0.1, -0.05) is 97.1 Å². The largest absolute Gasteiger partial charge is 0.458 e. The Labute approximate surface area is 300 Å². The van der Waals surface area contributed by atoms with Gasteiger partial charge in [-0.05, 0) is 106 Å². The maximum Gasteiger partial charge on any atom is 0.257 e. The lowest BCUT2D eigenvalue weighted by Gasteiger charge is -2.40. The summed E-state index contributed by atoms with van der Waals surface area (Å²) in [5.41, 5.74) is 10.7. The van der Waals surface area contributed by atoms with Crippen LogP contribution >= 0.6 is 11.3 Å². The van der Waals surface area contributed by atoms with Gasteiger partial charge in [-0.15, -0.1) is 11.3 Å². The predicted octanol–water partition coefficient (Wildman–Crippen LogP) is 11.1. The van der Waals surface area contributed by atoms with Crippen molar-refractivity contribution in [3.63, 3.8) is 0 Å². The summed E-state index contributed by atoms with van der Waals surface area (Å²) in [6.07, 6.45) is 0. The minimum absolute atomic E-state index is 0.0258. The number of hydrogen-bond donors (Lipinski definition) is 0. The van der Waals surface area contributed by atoms with Crippen LogP contribution in [0, 0.1) is 0 Å². The first-order valence-electron chi connectivity index (χ1n) is 17.4. The smallest absolute Gasteiger partial charge is 0.257 e. The monoisotopic (exact) mass is 668 g/mol. The number of para-hydroxylation sites is 3. The highest BCUT2D eigenvalue weighted by atomic mass is 32.1. The van der Waals surface area contributed by atoms with Crippen LogP contribution in [0.1, 0.15) is 0 Å². The van der Waals surface area contributed by atoms with Crippen molar-refractivity contribution in [1.29, 1.82) is 0 Å². The third-order valence-corrected chi connectivity index (χ3v) is 11.6. The molecule has 0 amide bonds. The van der Waals surface area contributed by atoms with Crippen LogP contribution in [0.4, 0.5) is 34.1 Å². The van der Waals surface area contributed by atoms with Crippen molar-refractivity contribution in [2.45, 2.75) is 0 Å². The second-order valence-electron chi connectivity index (χ2n) is 13.3. The van der Waals surface area contributed by atoms with E-state index in [1.165, 1.54) is 58.7 Å². The van der Waals surface area contributed by atoms with Gasteiger partial charge in [0.2, 0.25) is 0 Å². The lowest BCUT2D eigenvalue weighted by molar-refractivity contribution is 0.488. The molecule has 3 nitrogen and oxygen atoms in total. The van der Waals surface area contributed by atoms with E-state index in [9.17, 15) is 0 Å². The lowest BCUT2D eigenvalue weighted by atomic mass is 9.33. The molecule has 2 aliphatic heterocycles. The van der Waals surface area contributed by atoms with Crippen molar-refractivity contribution in [2.24, 2.45) is 0 Å². The summed E-state index contributed by atoms with van der Waals surface area (Å²) >= 11 is 1.86. The summed E-state index contributed by atoms with van der Waals surface area (Å²) in [6.45, 7) is 0.0258. The second kappa shape index (κ2) is 11.1. The van der Waals surface area contributed by atoms with E-state index < -0.39 is 0 Å². The standard InChI is InChI=1S/C46H29BN2OS/c1-4-14-31(15-5-1)48(32-16-6-2-7-17-32)34-24-25-36-37-28-42-38(29-44(37)51-43(36)27-34)47-45-35-20-11-10-13-30(35)23-26-40(45)49(33-18-8-3-9-19-33)39-21-12-22-41(50-42)46(39)47/h1-29H. The molecule has 0 spiro atoms. The lowest BCUT2D eigenvalue weighted by Crippen LogP contribution is -2.59. The summed E-state index contributed by atoms with van der Waals surface area (Å²) in [4.78, 5) is 4.74. The van der Waals surface area contributed by atoms with E-state index in [0.717, 1.165) is 34.2 Å². The van der Waals surface area contributed by atoms with E-state index >= 15 is 0 Å². The summed E-state index contributed by atoms with van der Waals surface area (Å²) in [7, 11) is 0. The van der Waals surface area contributed by atoms with Gasteiger partial charge in [0.15, 0.2) is 0 Å². The highest BCUT2D eigenvalue weighted by Crippen LogP contribution is 2.45. The van der Waals surface area contributed by atoms with Crippen molar-refractivity contribution in [3.05, 3.63) is 176 Å². The molecule has 0 aliphatic carbocycles. The molecular formula is C46H29BN2OS. The zero-order valence-corrected chi connectivity index (χ0v) is 28.3. The molecule has 0 radical (unpaired) electrons. The molecule has 0 atom stereocenters. The quantitative estimate of drug-likeness (QED) is 0.174. The average molecular weight is 669 g/mol. The number of ether oxygens (including phenoxy) is 1. The fourth-order valence-corrected chi connectivity index (χ4v) is 9.48. The Kier molecular flexibility index (Phi) is 6.22. The van der Waals surface area contributed by atoms with Gasteiger partial charge in [-0.25, -0.2) is 0 Å². The Balaban J connectivity index is 1.13. The fraction of sp³-hybridized carbons (Fsp3) is 0. The molecule has 2 aliphatic rings. The Hall–Kier alpha value is -6.30. The van der Waals surface area contributed by atoms with Gasteiger partial charge in [-0.3, -0.25) is 0 Å². The van der Waals surface area contributed by atoms with Crippen LogP contribution in [0.3, 0.4) is 0 Å². The van der Waals surface area contributed by atoms with Crippen molar-refractivity contribution >= 4 is 99.5 Å². The number of benzene rings is 8. The van der Waals surface area contributed by atoms with Crippen molar-refractivity contribution in [1.82, 2.24) is 0 Å². The predicted molar refractivity (Wildman–Crippen MR) is 217 cm³/mol. The average Bonchev–Trinajstić information content (AvgIpc) is 3.54. The maximum absolute atomic E-state index is 6.91. The van der Waals surface area contributed by atoms with E-state index in [1.807, 2.05) is 11.3 Å². The van der Waals surface area contributed by atoms with Gasteiger partial charge >= 0.3 is 0 Å². The minimum atomic E-state index is 0.0258. The second-order valence-corrected chi connectivity index (χ2v) is 14.4. The van der Waals surface area contributed by atoms with Gasteiger partial charge in [0.25, 0.3) is 6.71 Å². The van der Waals surface area contributed by atoms with Crippen LogP contribution in [0.5, 0.6) is 11.5 Å². The summed E-state index contributed by atoms with van der Waals surface area (Å²) in [6, 6.07) is 63.4. The molecule has 8 aromatic carbocycles. The summed E-state index contributed by atoms with van der Waals surface area (Å²) < 4.78 is 9.43. The van der Waals surface area contributed by atoms with Crippen molar-refractivity contribution in [2.75, 3.05) is 9.80 Å². The maximum atomic E-state index is 6.91. The fourth-order valence-electron chi connectivity index (χ4n) is 8.31. The minimum Gasteiger partial charge on any atom is -0.458 e. The van der Waals surface area contributed by atoms with Crippen LogP contribution in [-0.2, 0) is 0 Å².